The fourth-order valence-corrected chi connectivity index (χ4v) is 3.04. The summed E-state index contributed by atoms with van der Waals surface area (Å²) in [4.78, 5) is 12.1. The van der Waals surface area contributed by atoms with E-state index in [-0.39, 0.29) is 31.7 Å². The molecule has 6 nitrogen and oxygen atoms in total. The predicted octanol–water partition coefficient (Wildman–Crippen LogP) is 3.93. The molecule has 150 valence electrons. The minimum absolute atomic E-state index is 0.141. The minimum Gasteiger partial charge on any atom is -0.497 e. The maximum absolute atomic E-state index is 12.1. The lowest BCUT2D eigenvalue weighted by molar-refractivity contribution is -0.145. The number of rotatable bonds is 9. The molecule has 0 unspecified atom stereocenters. The molecule has 0 radical (unpaired) electrons. The number of ether oxygens (including phenoxy) is 5. The van der Waals surface area contributed by atoms with Crippen molar-refractivity contribution in [1.82, 2.24) is 0 Å². The SMILES string of the molecule is CCOc1cc2c(cc1COC(=O)CCOc1ccc(OC)cc1)O[C@H](C)C2. The van der Waals surface area contributed by atoms with Crippen LogP contribution in [0.4, 0.5) is 0 Å². The fraction of sp³-hybridized carbons (Fsp3) is 0.409. The zero-order chi connectivity index (χ0) is 19.9. The first-order chi connectivity index (χ1) is 13.6. The van der Waals surface area contributed by atoms with Crippen LogP contribution in [0.15, 0.2) is 36.4 Å². The van der Waals surface area contributed by atoms with Crippen molar-refractivity contribution < 1.29 is 28.5 Å². The van der Waals surface area contributed by atoms with Crippen LogP contribution in [0.1, 0.15) is 31.4 Å². The molecule has 6 heteroatoms. The summed E-state index contributed by atoms with van der Waals surface area (Å²) in [6.45, 7) is 4.89. The smallest absolute Gasteiger partial charge is 0.309 e. The average molecular weight is 386 g/mol. The van der Waals surface area contributed by atoms with Gasteiger partial charge in [0.05, 0.1) is 26.7 Å². The third-order valence-electron chi connectivity index (χ3n) is 4.40. The molecule has 0 aromatic heterocycles. The van der Waals surface area contributed by atoms with Gasteiger partial charge in [-0.2, -0.15) is 0 Å². The molecule has 0 saturated heterocycles. The Morgan fingerprint density at radius 1 is 1.14 bits per heavy atom. The monoisotopic (exact) mass is 386 g/mol. The van der Waals surface area contributed by atoms with Gasteiger partial charge in [-0.3, -0.25) is 4.79 Å². The second-order valence-corrected chi connectivity index (χ2v) is 6.57. The van der Waals surface area contributed by atoms with Crippen molar-refractivity contribution in [3.63, 3.8) is 0 Å². The number of methoxy groups -OCH3 is 1. The first kappa shape index (κ1) is 19.9. The standard InChI is InChI=1S/C22H26O6/c1-4-25-20-12-16-11-15(2)28-21(16)13-17(20)14-27-22(23)9-10-26-19-7-5-18(24-3)6-8-19/h5-8,12-13,15H,4,9-11,14H2,1-3H3/t15-/m1/s1. The largest absolute Gasteiger partial charge is 0.497 e. The first-order valence-corrected chi connectivity index (χ1v) is 9.46. The Hall–Kier alpha value is -2.89. The van der Waals surface area contributed by atoms with Gasteiger partial charge in [0, 0.05) is 17.5 Å². The Bertz CT molecular complexity index is 799. The summed E-state index contributed by atoms with van der Waals surface area (Å²) in [5.74, 6) is 2.68. The van der Waals surface area contributed by atoms with Gasteiger partial charge in [0.25, 0.3) is 0 Å². The number of hydrogen-bond donors (Lipinski definition) is 0. The van der Waals surface area contributed by atoms with Gasteiger partial charge in [-0.1, -0.05) is 0 Å². The van der Waals surface area contributed by atoms with Crippen LogP contribution in [0.25, 0.3) is 0 Å². The molecular formula is C22H26O6. The minimum atomic E-state index is -0.328. The van der Waals surface area contributed by atoms with E-state index in [1.807, 2.05) is 26.0 Å². The van der Waals surface area contributed by atoms with Crippen molar-refractivity contribution in [2.24, 2.45) is 0 Å². The molecule has 0 spiro atoms. The number of fused-ring (bicyclic) bond motifs is 1. The Balaban J connectivity index is 1.50. The van der Waals surface area contributed by atoms with Gasteiger partial charge in [-0.15, -0.1) is 0 Å². The fourth-order valence-electron chi connectivity index (χ4n) is 3.04. The van der Waals surface area contributed by atoms with Gasteiger partial charge < -0.3 is 23.7 Å². The van der Waals surface area contributed by atoms with E-state index in [1.165, 1.54) is 0 Å². The van der Waals surface area contributed by atoms with E-state index in [1.54, 1.807) is 31.4 Å². The quantitative estimate of drug-likeness (QED) is 0.609. The summed E-state index contributed by atoms with van der Waals surface area (Å²) >= 11 is 0. The van der Waals surface area contributed by atoms with E-state index in [0.29, 0.717) is 12.4 Å². The molecule has 0 bridgehead atoms. The van der Waals surface area contributed by atoms with E-state index in [4.69, 9.17) is 23.7 Å². The maximum Gasteiger partial charge on any atom is 0.309 e. The van der Waals surface area contributed by atoms with Crippen LogP contribution < -0.4 is 18.9 Å². The van der Waals surface area contributed by atoms with E-state index >= 15 is 0 Å². The van der Waals surface area contributed by atoms with Crippen molar-refractivity contribution in [2.75, 3.05) is 20.3 Å². The molecule has 0 fully saturated rings. The van der Waals surface area contributed by atoms with Crippen LogP contribution in [0.5, 0.6) is 23.0 Å². The zero-order valence-electron chi connectivity index (χ0n) is 16.5. The topological polar surface area (TPSA) is 63.2 Å². The number of carbonyl (C=O) groups excluding carboxylic acids is 1. The summed E-state index contributed by atoms with van der Waals surface area (Å²) in [6, 6.07) is 11.1. The molecule has 0 amide bonds. The molecule has 1 heterocycles. The normalized spacial score (nSPS) is 14.8. The van der Waals surface area contributed by atoms with E-state index in [0.717, 1.165) is 34.8 Å². The van der Waals surface area contributed by atoms with Crippen LogP contribution in [-0.4, -0.2) is 32.4 Å². The number of carbonyl (C=O) groups is 1. The molecule has 0 saturated carbocycles. The lowest BCUT2D eigenvalue weighted by Crippen LogP contribution is -2.10. The molecule has 1 atom stereocenters. The molecule has 3 rings (SSSR count). The van der Waals surface area contributed by atoms with Gasteiger partial charge in [0.2, 0.25) is 0 Å². The van der Waals surface area contributed by atoms with Gasteiger partial charge in [-0.05, 0) is 50.2 Å². The molecule has 0 N–H and O–H groups in total. The third-order valence-corrected chi connectivity index (χ3v) is 4.40. The van der Waals surface area contributed by atoms with Crippen molar-refractivity contribution in [2.45, 2.75) is 39.4 Å². The van der Waals surface area contributed by atoms with Crippen molar-refractivity contribution >= 4 is 5.97 Å². The van der Waals surface area contributed by atoms with E-state index in [2.05, 4.69) is 0 Å². The highest BCUT2D eigenvalue weighted by atomic mass is 16.5. The zero-order valence-corrected chi connectivity index (χ0v) is 16.5. The third kappa shape index (κ3) is 5.09. The van der Waals surface area contributed by atoms with Gasteiger partial charge in [0.15, 0.2) is 0 Å². The molecule has 1 aliphatic heterocycles. The van der Waals surface area contributed by atoms with Crippen LogP contribution in [-0.2, 0) is 22.6 Å². The van der Waals surface area contributed by atoms with Gasteiger partial charge in [0.1, 0.15) is 35.7 Å². The first-order valence-electron chi connectivity index (χ1n) is 9.46. The summed E-state index contributed by atoms with van der Waals surface area (Å²) in [5, 5.41) is 0. The van der Waals surface area contributed by atoms with Gasteiger partial charge >= 0.3 is 5.97 Å². The number of hydrogen-bond acceptors (Lipinski definition) is 6. The highest BCUT2D eigenvalue weighted by molar-refractivity contribution is 5.69. The number of benzene rings is 2. The van der Waals surface area contributed by atoms with Crippen LogP contribution in [0.2, 0.25) is 0 Å². The second-order valence-electron chi connectivity index (χ2n) is 6.57. The van der Waals surface area contributed by atoms with Crippen LogP contribution >= 0.6 is 0 Å². The Morgan fingerprint density at radius 3 is 2.61 bits per heavy atom. The molecule has 2 aromatic rings. The van der Waals surface area contributed by atoms with E-state index < -0.39 is 0 Å². The highest BCUT2D eigenvalue weighted by Gasteiger charge is 2.22. The lowest BCUT2D eigenvalue weighted by atomic mass is 10.1. The summed E-state index contributed by atoms with van der Waals surface area (Å²) < 4.78 is 27.6. The predicted molar refractivity (Wildman–Crippen MR) is 104 cm³/mol. The number of esters is 1. The summed E-state index contributed by atoms with van der Waals surface area (Å²) in [5.41, 5.74) is 1.93. The van der Waals surface area contributed by atoms with Crippen molar-refractivity contribution in [1.29, 1.82) is 0 Å². The Labute approximate surface area is 165 Å². The van der Waals surface area contributed by atoms with Gasteiger partial charge in [-0.25, -0.2) is 0 Å². The Kier molecular flexibility index (Phi) is 6.63. The molecule has 1 aliphatic rings. The average Bonchev–Trinajstić information content (AvgIpc) is 3.05. The van der Waals surface area contributed by atoms with Crippen molar-refractivity contribution in [3.05, 3.63) is 47.5 Å². The maximum atomic E-state index is 12.1. The van der Waals surface area contributed by atoms with Crippen molar-refractivity contribution in [3.8, 4) is 23.0 Å². The molecule has 2 aromatic carbocycles. The molecule has 28 heavy (non-hydrogen) atoms. The summed E-state index contributed by atoms with van der Waals surface area (Å²) in [6.07, 6.45) is 1.17. The Morgan fingerprint density at radius 2 is 1.89 bits per heavy atom. The lowest BCUT2D eigenvalue weighted by Gasteiger charge is -2.13. The highest BCUT2D eigenvalue weighted by Crippen LogP contribution is 2.35. The second kappa shape index (κ2) is 9.35. The van der Waals surface area contributed by atoms with Crippen LogP contribution in [0.3, 0.4) is 0 Å². The van der Waals surface area contributed by atoms with E-state index in [9.17, 15) is 4.79 Å². The molecular weight excluding hydrogens is 360 g/mol. The summed E-state index contributed by atoms with van der Waals surface area (Å²) in [7, 11) is 1.61. The molecule has 0 aliphatic carbocycles. The van der Waals surface area contributed by atoms with Crippen LogP contribution in [0, 0.1) is 0 Å².